The van der Waals surface area contributed by atoms with Crippen LogP contribution in [0, 0.1) is 6.92 Å². The van der Waals surface area contributed by atoms with E-state index in [1.807, 2.05) is 54.1 Å². The van der Waals surface area contributed by atoms with Crippen LogP contribution in [0.2, 0.25) is 0 Å². The Balaban J connectivity index is 1.70. The largest absolute Gasteiger partial charge is 0.463 e. The van der Waals surface area contributed by atoms with Gasteiger partial charge in [-0.05, 0) is 31.2 Å². The number of aromatic nitrogens is 3. The van der Waals surface area contributed by atoms with E-state index in [2.05, 4.69) is 27.2 Å². The van der Waals surface area contributed by atoms with Crippen molar-refractivity contribution in [3.63, 3.8) is 0 Å². The lowest BCUT2D eigenvalue weighted by Gasteiger charge is -2.04. The summed E-state index contributed by atoms with van der Waals surface area (Å²) in [6.07, 6.45) is 6.70. The van der Waals surface area contributed by atoms with E-state index in [9.17, 15) is 0 Å². The molecule has 0 atom stereocenters. The minimum Gasteiger partial charge on any atom is -0.463 e. The van der Waals surface area contributed by atoms with Crippen molar-refractivity contribution in [2.75, 3.05) is 5.43 Å². The monoisotopic (exact) mass is 343 g/mol. The molecule has 26 heavy (non-hydrogen) atoms. The highest BCUT2D eigenvalue weighted by molar-refractivity contribution is 5.92. The summed E-state index contributed by atoms with van der Waals surface area (Å²) in [4.78, 5) is 4.50. The summed E-state index contributed by atoms with van der Waals surface area (Å²) >= 11 is 0. The van der Waals surface area contributed by atoms with E-state index in [-0.39, 0.29) is 0 Å². The van der Waals surface area contributed by atoms with Crippen LogP contribution in [0.25, 0.3) is 22.8 Å². The molecule has 3 heterocycles. The Hall–Kier alpha value is -3.67. The van der Waals surface area contributed by atoms with E-state index < -0.39 is 0 Å². The van der Waals surface area contributed by atoms with Gasteiger partial charge in [-0.15, -0.1) is 0 Å². The lowest BCUT2D eigenvalue weighted by Crippen LogP contribution is -1.97. The molecular weight excluding hydrogens is 326 g/mol. The van der Waals surface area contributed by atoms with Crippen LogP contribution in [0.5, 0.6) is 0 Å². The molecule has 0 saturated carbocycles. The van der Waals surface area contributed by atoms with Crippen molar-refractivity contribution in [1.29, 1.82) is 0 Å². The molecule has 4 aromatic rings. The highest BCUT2D eigenvalue weighted by atomic mass is 16.3. The van der Waals surface area contributed by atoms with Crippen LogP contribution in [0.1, 0.15) is 17.0 Å². The number of hydrogen-bond donors (Lipinski definition) is 1. The highest BCUT2D eigenvalue weighted by Crippen LogP contribution is 2.27. The van der Waals surface area contributed by atoms with Crippen molar-refractivity contribution in [3.8, 4) is 5.69 Å². The van der Waals surface area contributed by atoms with Crippen LogP contribution in [0.3, 0.4) is 0 Å². The smallest absolute Gasteiger partial charge is 0.165 e. The number of aryl methyl sites for hydroxylation is 1. The van der Waals surface area contributed by atoms with Crippen LogP contribution < -0.4 is 5.43 Å². The van der Waals surface area contributed by atoms with E-state index in [4.69, 9.17) is 4.42 Å². The van der Waals surface area contributed by atoms with Gasteiger partial charge in [0.1, 0.15) is 0 Å². The van der Waals surface area contributed by atoms with E-state index in [1.165, 1.54) is 0 Å². The van der Waals surface area contributed by atoms with Gasteiger partial charge in [-0.3, -0.25) is 5.43 Å². The summed E-state index contributed by atoms with van der Waals surface area (Å²) in [6.45, 7) is 5.71. The Morgan fingerprint density at radius 3 is 2.85 bits per heavy atom. The summed E-state index contributed by atoms with van der Waals surface area (Å²) < 4.78 is 7.21. The maximum absolute atomic E-state index is 5.38. The van der Waals surface area contributed by atoms with Gasteiger partial charge in [-0.2, -0.15) is 10.2 Å². The number of nitrogens with zero attached hydrogens (tertiary/aromatic N) is 4. The maximum Gasteiger partial charge on any atom is 0.165 e. The van der Waals surface area contributed by atoms with Gasteiger partial charge in [0.2, 0.25) is 0 Å². The summed E-state index contributed by atoms with van der Waals surface area (Å²) in [6, 6.07) is 13.6. The second-order valence-corrected chi connectivity index (χ2v) is 5.70. The predicted molar refractivity (Wildman–Crippen MR) is 104 cm³/mol. The first kappa shape index (κ1) is 15.8. The number of hydrogen-bond acceptors (Lipinski definition) is 5. The molecule has 1 aromatic carbocycles. The number of rotatable bonds is 5. The molecule has 0 bridgehead atoms. The fourth-order valence-electron chi connectivity index (χ4n) is 2.82. The lowest BCUT2D eigenvalue weighted by molar-refractivity contribution is 0.559. The van der Waals surface area contributed by atoms with Crippen LogP contribution >= 0.6 is 0 Å². The molecule has 0 unspecified atom stereocenters. The predicted octanol–water partition coefficient (Wildman–Crippen LogP) is 4.41. The highest BCUT2D eigenvalue weighted by Gasteiger charge is 2.13. The summed E-state index contributed by atoms with van der Waals surface area (Å²) in [7, 11) is 0. The van der Waals surface area contributed by atoms with Gasteiger partial charge >= 0.3 is 0 Å². The number of benzene rings is 1. The Kier molecular flexibility index (Phi) is 4.07. The normalized spacial score (nSPS) is 11.3. The number of hydrazone groups is 1. The van der Waals surface area contributed by atoms with Crippen LogP contribution in [0.4, 0.5) is 5.69 Å². The Morgan fingerprint density at radius 2 is 2.04 bits per heavy atom. The van der Waals surface area contributed by atoms with Gasteiger partial charge in [-0.25, -0.2) is 9.67 Å². The minimum absolute atomic E-state index is 0.648. The summed E-state index contributed by atoms with van der Waals surface area (Å²) in [5, 5.41) is 9.85. The molecule has 0 aliphatic heterocycles. The molecule has 0 aliphatic carbocycles. The van der Waals surface area contributed by atoms with Gasteiger partial charge in [0, 0.05) is 11.8 Å². The second-order valence-electron chi connectivity index (χ2n) is 5.70. The molecule has 0 spiro atoms. The minimum atomic E-state index is 0.648. The molecule has 0 fully saturated rings. The standard InChI is InChI=1S/C20H17N5O/c1-3-15-10-12-26-18(15)13-22-23-17-9-11-21-20-19(17)14(2)24-25(20)16-7-5-4-6-8-16/h3-13H,1H2,2H3,(H,21,23)/b22-13+. The van der Waals surface area contributed by atoms with Crippen molar-refractivity contribution in [1.82, 2.24) is 14.8 Å². The Bertz CT molecular complexity index is 1090. The fraction of sp³-hybridized carbons (Fsp3) is 0.0500. The lowest BCUT2D eigenvalue weighted by atomic mass is 10.2. The number of pyridine rings is 1. The molecule has 0 radical (unpaired) electrons. The van der Waals surface area contributed by atoms with Gasteiger partial charge < -0.3 is 4.42 Å². The Labute approximate surface area is 150 Å². The molecule has 1 N–H and O–H groups in total. The Morgan fingerprint density at radius 1 is 1.19 bits per heavy atom. The number of anilines is 1. The number of fused-ring (bicyclic) bond motifs is 1. The van der Waals surface area contributed by atoms with Crippen molar-refractivity contribution in [2.45, 2.75) is 6.92 Å². The molecule has 128 valence electrons. The zero-order chi connectivity index (χ0) is 17.9. The van der Waals surface area contributed by atoms with Gasteiger partial charge in [0.05, 0.1) is 34.9 Å². The topological polar surface area (TPSA) is 68.2 Å². The molecule has 0 aliphatic rings. The number of para-hydroxylation sites is 1. The summed E-state index contributed by atoms with van der Waals surface area (Å²) in [5.41, 5.74) is 7.40. The van der Waals surface area contributed by atoms with Crippen molar-refractivity contribution in [2.24, 2.45) is 5.10 Å². The van der Waals surface area contributed by atoms with Gasteiger partial charge in [-0.1, -0.05) is 30.9 Å². The number of nitrogens with one attached hydrogen (secondary N) is 1. The third-order valence-electron chi connectivity index (χ3n) is 4.06. The maximum atomic E-state index is 5.38. The first-order chi connectivity index (χ1) is 12.8. The van der Waals surface area contributed by atoms with E-state index >= 15 is 0 Å². The van der Waals surface area contributed by atoms with E-state index in [1.54, 1.807) is 24.8 Å². The molecule has 4 rings (SSSR count). The van der Waals surface area contributed by atoms with Crippen molar-refractivity contribution >= 4 is 29.0 Å². The average molecular weight is 343 g/mol. The van der Waals surface area contributed by atoms with Crippen molar-refractivity contribution < 1.29 is 4.42 Å². The molecule has 0 amide bonds. The molecule has 6 nitrogen and oxygen atoms in total. The summed E-state index contributed by atoms with van der Waals surface area (Å²) in [5.74, 6) is 0.648. The second kappa shape index (κ2) is 6.68. The molecular formula is C20H17N5O. The first-order valence-corrected chi connectivity index (χ1v) is 8.16. The van der Waals surface area contributed by atoms with E-state index in [0.717, 1.165) is 33.7 Å². The molecule has 3 aromatic heterocycles. The fourth-order valence-corrected chi connectivity index (χ4v) is 2.82. The third-order valence-corrected chi connectivity index (χ3v) is 4.06. The van der Waals surface area contributed by atoms with Crippen LogP contribution in [-0.2, 0) is 0 Å². The SMILES string of the molecule is C=Cc1ccoc1/C=N/Nc1ccnc2c1c(C)nn2-c1ccccc1. The van der Waals surface area contributed by atoms with E-state index in [0.29, 0.717) is 5.76 Å². The van der Waals surface area contributed by atoms with Crippen LogP contribution in [0.15, 0.2) is 71.0 Å². The molecule has 6 heteroatoms. The zero-order valence-electron chi connectivity index (χ0n) is 14.3. The van der Waals surface area contributed by atoms with Crippen LogP contribution in [-0.4, -0.2) is 21.0 Å². The van der Waals surface area contributed by atoms with Crippen molar-refractivity contribution in [3.05, 3.63) is 78.5 Å². The van der Waals surface area contributed by atoms with Gasteiger partial charge in [0.25, 0.3) is 0 Å². The zero-order valence-corrected chi connectivity index (χ0v) is 14.3. The van der Waals surface area contributed by atoms with Gasteiger partial charge in [0.15, 0.2) is 11.4 Å². The average Bonchev–Trinajstić information content (AvgIpc) is 3.27. The first-order valence-electron chi connectivity index (χ1n) is 8.16. The third kappa shape index (κ3) is 2.77. The molecule has 0 saturated heterocycles. The quantitative estimate of drug-likeness (QED) is 0.430. The number of furan rings is 1.